The summed E-state index contributed by atoms with van der Waals surface area (Å²) >= 11 is 6.03. The van der Waals surface area contributed by atoms with Crippen LogP contribution in [0.25, 0.3) is 11.3 Å². The Kier molecular flexibility index (Phi) is 7.48. The molecule has 0 bridgehead atoms. The van der Waals surface area contributed by atoms with E-state index in [1.807, 2.05) is 7.05 Å². The zero-order valence-electron chi connectivity index (χ0n) is 12.8. The van der Waals surface area contributed by atoms with Crippen molar-refractivity contribution >= 4 is 29.9 Å². The van der Waals surface area contributed by atoms with E-state index >= 15 is 0 Å². The van der Waals surface area contributed by atoms with Gasteiger partial charge >= 0.3 is 0 Å². The number of aryl methyl sites for hydroxylation is 1. The molecular formula is C15H18Cl2FN3O2. The Labute approximate surface area is 145 Å². The van der Waals surface area contributed by atoms with Crippen LogP contribution < -0.4 is 10.6 Å². The van der Waals surface area contributed by atoms with Gasteiger partial charge in [-0.2, -0.15) is 0 Å². The minimum absolute atomic E-state index is 0. The Balaban J connectivity index is 0.00000264. The zero-order chi connectivity index (χ0) is 16.1. The van der Waals surface area contributed by atoms with Crippen molar-refractivity contribution in [2.24, 2.45) is 0 Å². The van der Waals surface area contributed by atoms with Crippen molar-refractivity contribution in [3.05, 3.63) is 40.4 Å². The number of rotatable bonds is 6. The number of hydrogen-bond donors (Lipinski definition) is 2. The summed E-state index contributed by atoms with van der Waals surface area (Å²) < 4.78 is 19.1. The number of carbonyl (C=O) groups excluding carboxylic acids is 1. The van der Waals surface area contributed by atoms with Crippen molar-refractivity contribution in [1.29, 1.82) is 0 Å². The fraction of sp³-hybridized carbons (Fsp3) is 0.333. The van der Waals surface area contributed by atoms with Crippen molar-refractivity contribution in [1.82, 2.24) is 15.8 Å². The first-order chi connectivity index (χ1) is 10.6. The van der Waals surface area contributed by atoms with E-state index < -0.39 is 5.82 Å². The summed E-state index contributed by atoms with van der Waals surface area (Å²) in [5.41, 5.74) is 0.393. The van der Waals surface area contributed by atoms with Gasteiger partial charge in [-0.05, 0) is 39.1 Å². The van der Waals surface area contributed by atoms with E-state index in [2.05, 4.69) is 15.8 Å². The molecule has 2 rings (SSSR count). The molecule has 0 unspecified atom stereocenters. The number of amides is 1. The van der Waals surface area contributed by atoms with Crippen LogP contribution in [0.3, 0.4) is 0 Å². The van der Waals surface area contributed by atoms with Gasteiger partial charge in [0.2, 0.25) is 0 Å². The highest BCUT2D eigenvalue weighted by atomic mass is 35.5. The fourth-order valence-corrected chi connectivity index (χ4v) is 2.34. The van der Waals surface area contributed by atoms with Crippen molar-refractivity contribution in [2.45, 2.75) is 13.3 Å². The maximum atomic E-state index is 14.0. The summed E-state index contributed by atoms with van der Waals surface area (Å²) in [6.07, 6.45) is 0.780. The second kappa shape index (κ2) is 8.86. The molecule has 0 fully saturated rings. The maximum absolute atomic E-state index is 14.0. The van der Waals surface area contributed by atoms with Crippen LogP contribution in [0.1, 0.15) is 22.5 Å². The molecule has 1 amide bonds. The molecule has 1 heterocycles. The number of nitrogens with zero attached hydrogens (tertiary/aromatic N) is 1. The summed E-state index contributed by atoms with van der Waals surface area (Å²) in [6, 6.07) is 4.30. The number of aromatic nitrogens is 1. The van der Waals surface area contributed by atoms with Crippen LogP contribution in [0.5, 0.6) is 0 Å². The molecule has 0 radical (unpaired) electrons. The summed E-state index contributed by atoms with van der Waals surface area (Å²) in [5, 5.41) is 9.73. The molecule has 0 aliphatic carbocycles. The highest BCUT2D eigenvalue weighted by molar-refractivity contribution is 6.33. The molecule has 0 aliphatic heterocycles. The van der Waals surface area contributed by atoms with Gasteiger partial charge in [0.1, 0.15) is 22.8 Å². The first-order valence-corrected chi connectivity index (χ1v) is 7.27. The second-order valence-electron chi connectivity index (χ2n) is 4.77. The number of nitrogens with one attached hydrogen (secondary N) is 2. The highest BCUT2D eigenvalue weighted by Gasteiger charge is 2.25. The third-order valence-electron chi connectivity index (χ3n) is 3.18. The molecule has 0 saturated heterocycles. The van der Waals surface area contributed by atoms with Crippen LogP contribution in [0.15, 0.2) is 22.7 Å². The molecule has 1 aromatic heterocycles. The minimum atomic E-state index is -0.551. The van der Waals surface area contributed by atoms with Gasteiger partial charge in [-0.25, -0.2) is 4.39 Å². The largest absolute Gasteiger partial charge is 0.360 e. The van der Waals surface area contributed by atoms with Crippen LogP contribution in [-0.4, -0.2) is 31.2 Å². The van der Waals surface area contributed by atoms with E-state index in [1.54, 1.807) is 13.0 Å². The van der Waals surface area contributed by atoms with Gasteiger partial charge in [0.05, 0.1) is 10.6 Å². The molecule has 2 N–H and O–H groups in total. The molecule has 0 spiro atoms. The monoisotopic (exact) mass is 361 g/mol. The fourth-order valence-electron chi connectivity index (χ4n) is 2.09. The zero-order valence-corrected chi connectivity index (χ0v) is 14.4. The predicted molar refractivity (Wildman–Crippen MR) is 89.8 cm³/mol. The van der Waals surface area contributed by atoms with E-state index in [-0.39, 0.29) is 40.2 Å². The van der Waals surface area contributed by atoms with Gasteiger partial charge in [0, 0.05) is 6.54 Å². The van der Waals surface area contributed by atoms with Crippen LogP contribution >= 0.6 is 24.0 Å². The lowest BCUT2D eigenvalue weighted by molar-refractivity contribution is 0.0952. The van der Waals surface area contributed by atoms with Crippen LogP contribution in [0, 0.1) is 12.7 Å². The normalized spacial score (nSPS) is 10.3. The first-order valence-electron chi connectivity index (χ1n) is 6.89. The minimum Gasteiger partial charge on any atom is -0.360 e. The average Bonchev–Trinajstić information content (AvgIpc) is 2.85. The molecule has 1 aromatic carbocycles. The summed E-state index contributed by atoms with van der Waals surface area (Å²) in [4.78, 5) is 12.3. The van der Waals surface area contributed by atoms with Crippen LogP contribution in [0.2, 0.25) is 5.02 Å². The predicted octanol–water partition coefficient (Wildman–Crippen LogP) is 3.20. The van der Waals surface area contributed by atoms with E-state index in [4.69, 9.17) is 16.1 Å². The summed E-state index contributed by atoms with van der Waals surface area (Å²) in [5.74, 6) is -0.588. The Morgan fingerprint density at radius 3 is 2.78 bits per heavy atom. The van der Waals surface area contributed by atoms with Crippen LogP contribution in [-0.2, 0) is 0 Å². The molecule has 0 atom stereocenters. The van der Waals surface area contributed by atoms with Gasteiger partial charge in [-0.1, -0.05) is 22.8 Å². The number of carbonyl (C=O) groups is 1. The topological polar surface area (TPSA) is 67.2 Å². The molecule has 2 aromatic rings. The molecule has 23 heavy (non-hydrogen) atoms. The SMILES string of the molecule is CNCCCNC(=O)c1c(-c2c(F)cccc2Cl)noc1C.Cl. The Morgan fingerprint density at radius 1 is 1.39 bits per heavy atom. The average molecular weight is 362 g/mol. The standard InChI is InChI=1S/C15H17ClFN3O2.ClH/c1-9-12(15(21)19-8-4-7-18-2)14(20-22-9)13-10(16)5-3-6-11(13)17;/h3,5-6,18H,4,7-8H2,1-2H3,(H,19,21);1H. The van der Waals surface area contributed by atoms with Crippen molar-refractivity contribution in [2.75, 3.05) is 20.1 Å². The molecule has 126 valence electrons. The molecular weight excluding hydrogens is 344 g/mol. The first kappa shape index (κ1) is 19.4. The van der Waals surface area contributed by atoms with E-state index in [9.17, 15) is 9.18 Å². The summed E-state index contributed by atoms with van der Waals surface area (Å²) in [7, 11) is 1.84. The third kappa shape index (κ3) is 4.43. The highest BCUT2D eigenvalue weighted by Crippen LogP contribution is 2.33. The molecule has 5 nitrogen and oxygen atoms in total. The lowest BCUT2D eigenvalue weighted by atomic mass is 10.0. The molecule has 0 saturated carbocycles. The van der Waals surface area contributed by atoms with Gasteiger partial charge in [0.25, 0.3) is 5.91 Å². The molecule has 8 heteroatoms. The molecule has 0 aliphatic rings. The third-order valence-corrected chi connectivity index (χ3v) is 3.49. The van der Waals surface area contributed by atoms with Gasteiger partial charge in [0.15, 0.2) is 0 Å². The Morgan fingerprint density at radius 2 is 2.13 bits per heavy atom. The quantitative estimate of drug-likeness (QED) is 0.775. The number of halogens is 3. The van der Waals surface area contributed by atoms with E-state index in [1.165, 1.54) is 12.1 Å². The lowest BCUT2D eigenvalue weighted by Gasteiger charge is -2.07. The number of benzene rings is 1. The number of hydrogen-bond acceptors (Lipinski definition) is 4. The van der Waals surface area contributed by atoms with Gasteiger partial charge in [-0.3, -0.25) is 4.79 Å². The van der Waals surface area contributed by atoms with Gasteiger partial charge in [-0.15, -0.1) is 12.4 Å². The van der Waals surface area contributed by atoms with E-state index in [0.29, 0.717) is 12.3 Å². The Hall–Kier alpha value is -1.63. The van der Waals surface area contributed by atoms with Crippen LogP contribution in [0.4, 0.5) is 4.39 Å². The second-order valence-corrected chi connectivity index (χ2v) is 5.18. The van der Waals surface area contributed by atoms with E-state index in [0.717, 1.165) is 13.0 Å². The maximum Gasteiger partial charge on any atom is 0.257 e. The lowest BCUT2D eigenvalue weighted by Crippen LogP contribution is -2.27. The van der Waals surface area contributed by atoms with Gasteiger partial charge < -0.3 is 15.2 Å². The Bertz CT molecular complexity index is 656. The van der Waals surface area contributed by atoms with Crippen molar-refractivity contribution < 1.29 is 13.7 Å². The summed E-state index contributed by atoms with van der Waals surface area (Å²) in [6.45, 7) is 2.89. The smallest absolute Gasteiger partial charge is 0.257 e. The van der Waals surface area contributed by atoms with Crippen molar-refractivity contribution in [3.63, 3.8) is 0 Å². The van der Waals surface area contributed by atoms with Crippen molar-refractivity contribution in [3.8, 4) is 11.3 Å².